The highest BCUT2D eigenvalue weighted by atomic mass is 16.5. The number of nitrogens with one attached hydrogen (secondary N) is 1. The van der Waals surface area contributed by atoms with Crippen LogP contribution in [-0.2, 0) is 23.9 Å². The SMILES string of the molecule is C=C(CCCC(=O)OCC)C(O)C(CC(=O)OCC)NC=O. The molecule has 0 rings (SSSR count). The Kier molecular flexibility index (Phi) is 10.7. The van der Waals surface area contributed by atoms with Crippen LogP contribution in [0.3, 0.4) is 0 Å². The van der Waals surface area contributed by atoms with E-state index >= 15 is 0 Å². The Morgan fingerprint density at radius 1 is 1.18 bits per heavy atom. The van der Waals surface area contributed by atoms with Crippen molar-refractivity contribution in [2.24, 2.45) is 0 Å². The Hall–Kier alpha value is -1.89. The predicted octanol–water partition coefficient (Wildman–Crippen LogP) is 0.705. The number of amides is 1. The summed E-state index contributed by atoms with van der Waals surface area (Å²) in [7, 11) is 0. The molecule has 7 nitrogen and oxygen atoms in total. The molecular weight excluding hydrogens is 290 g/mol. The van der Waals surface area contributed by atoms with Gasteiger partial charge in [-0.05, 0) is 32.3 Å². The van der Waals surface area contributed by atoms with Crippen LogP contribution in [0.4, 0.5) is 0 Å². The molecule has 2 unspecified atom stereocenters. The van der Waals surface area contributed by atoms with Crippen molar-refractivity contribution in [3.8, 4) is 0 Å². The van der Waals surface area contributed by atoms with E-state index in [0.29, 0.717) is 31.4 Å². The number of esters is 2. The second kappa shape index (κ2) is 11.7. The molecule has 0 aromatic heterocycles. The van der Waals surface area contributed by atoms with Gasteiger partial charge in [-0.1, -0.05) is 6.58 Å². The van der Waals surface area contributed by atoms with E-state index in [1.54, 1.807) is 13.8 Å². The van der Waals surface area contributed by atoms with Gasteiger partial charge in [-0.15, -0.1) is 0 Å². The maximum atomic E-state index is 11.5. The molecule has 0 aliphatic carbocycles. The number of aliphatic hydroxyl groups excluding tert-OH is 1. The van der Waals surface area contributed by atoms with E-state index in [-0.39, 0.29) is 25.4 Å². The first-order valence-electron chi connectivity index (χ1n) is 7.32. The van der Waals surface area contributed by atoms with Crippen molar-refractivity contribution in [3.05, 3.63) is 12.2 Å². The van der Waals surface area contributed by atoms with Gasteiger partial charge in [-0.25, -0.2) is 0 Å². The molecule has 0 radical (unpaired) electrons. The Labute approximate surface area is 130 Å². The van der Waals surface area contributed by atoms with Crippen molar-refractivity contribution in [1.82, 2.24) is 5.32 Å². The maximum absolute atomic E-state index is 11.5. The van der Waals surface area contributed by atoms with Crippen molar-refractivity contribution in [2.75, 3.05) is 13.2 Å². The van der Waals surface area contributed by atoms with Gasteiger partial charge in [0.25, 0.3) is 0 Å². The van der Waals surface area contributed by atoms with Crippen LogP contribution < -0.4 is 5.32 Å². The van der Waals surface area contributed by atoms with Crippen molar-refractivity contribution in [2.45, 2.75) is 51.7 Å². The normalized spacial score (nSPS) is 12.9. The van der Waals surface area contributed by atoms with Crippen LogP contribution in [0, 0.1) is 0 Å². The lowest BCUT2D eigenvalue weighted by Gasteiger charge is -2.23. The lowest BCUT2D eigenvalue weighted by atomic mass is 9.97. The molecule has 0 aliphatic rings. The molecule has 0 aliphatic heterocycles. The zero-order valence-electron chi connectivity index (χ0n) is 13.2. The van der Waals surface area contributed by atoms with E-state index in [0.717, 1.165) is 0 Å². The highest BCUT2D eigenvalue weighted by Crippen LogP contribution is 2.15. The zero-order valence-corrected chi connectivity index (χ0v) is 13.2. The Bertz CT molecular complexity index is 382. The van der Waals surface area contributed by atoms with Crippen LogP contribution in [0.5, 0.6) is 0 Å². The van der Waals surface area contributed by atoms with Gasteiger partial charge < -0.3 is 19.9 Å². The van der Waals surface area contributed by atoms with Gasteiger partial charge in [-0.2, -0.15) is 0 Å². The predicted molar refractivity (Wildman–Crippen MR) is 79.9 cm³/mol. The molecule has 2 N–H and O–H groups in total. The van der Waals surface area contributed by atoms with Crippen molar-refractivity contribution < 1.29 is 29.0 Å². The average Bonchev–Trinajstić information content (AvgIpc) is 2.46. The van der Waals surface area contributed by atoms with Crippen LogP contribution >= 0.6 is 0 Å². The smallest absolute Gasteiger partial charge is 0.307 e. The minimum atomic E-state index is -1.09. The molecule has 0 fully saturated rings. The fourth-order valence-corrected chi connectivity index (χ4v) is 1.87. The van der Waals surface area contributed by atoms with E-state index in [1.807, 2.05) is 0 Å². The van der Waals surface area contributed by atoms with Gasteiger partial charge in [0.05, 0.1) is 31.8 Å². The summed E-state index contributed by atoms with van der Waals surface area (Å²) < 4.78 is 9.59. The quantitative estimate of drug-likeness (QED) is 0.312. The first-order valence-corrected chi connectivity index (χ1v) is 7.32. The molecule has 0 saturated heterocycles. The zero-order chi connectivity index (χ0) is 17.0. The Morgan fingerprint density at radius 2 is 1.77 bits per heavy atom. The van der Waals surface area contributed by atoms with Gasteiger partial charge in [0.15, 0.2) is 0 Å². The summed E-state index contributed by atoms with van der Waals surface area (Å²) in [5.74, 6) is -0.820. The molecular formula is C15H25NO6. The molecule has 2 atom stereocenters. The van der Waals surface area contributed by atoms with Crippen molar-refractivity contribution in [1.29, 1.82) is 0 Å². The summed E-state index contributed by atoms with van der Waals surface area (Å²) in [4.78, 5) is 33.3. The number of hydrogen-bond acceptors (Lipinski definition) is 6. The minimum absolute atomic E-state index is 0.148. The largest absolute Gasteiger partial charge is 0.466 e. The van der Waals surface area contributed by atoms with Crippen LogP contribution in [0.2, 0.25) is 0 Å². The molecule has 1 amide bonds. The monoisotopic (exact) mass is 315 g/mol. The third kappa shape index (κ3) is 8.41. The van der Waals surface area contributed by atoms with Crippen LogP contribution in [0.15, 0.2) is 12.2 Å². The maximum Gasteiger partial charge on any atom is 0.307 e. The van der Waals surface area contributed by atoms with Gasteiger partial charge in [-0.3, -0.25) is 14.4 Å². The third-order valence-corrected chi connectivity index (χ3v) is 2.96. The first kappa shape index (κ1) is 20.1. The third-order valence-electron chi connectivity index (χ3n) is 2.96. The van der Waals surface area contributed by atoms with Gasteiger partial charge in [0, 0.05) is 6.42 Å². The van der Waals surface area contributed by atoms with E-state index in [2.05, 4.69) is 11.9 Å². The lowest BCUT2D eigenvalue weighted by molar-refractivity contribution is -0.144. The number of carbonyl (C=O) groups excluding carboxylic acids is 3. The van der Waals surface area contributed by atoms with E-state index in [9.17, 15) is 19.5 Å². The highest BCUT2D eigenvalue weighted by Gasteiger charge is 2.24. The second-order valence-electron chi connectivity index (χ2n) is 4.66. The minimum Gasteiger partial charge on any atom is -0.466 e. The number of carbonyl (C=O) groups is 3. The summed E-state index contributed by atoms with van der Waals surface area (Å²) >= 11 is 0. The summed E-state index contributed by atoms with van der Waals surface area (Å²) in [5, 5.41) is 12.5. The second-order valence-corrected chi connectivity index (χ2v) is 4.66. The standard InChI is InChI=1S/C15H25NO6/c1-4-21-13(18)8-6-7-11(3)15(20)12(16-10-17)9-14(19)22-5-2/h10,12,15,20H,3-9H2,1-2H3,(H,16,17). The Balaban J connectivity index is 4.36. The molecule has 22 heavy (non-hydrogen) atoms. The Morgan fingerprint density at radius 3 is 2.32 bits per heavy atom. The first-order chi connectivity index (χ1) is 10.5. The van der Waals surface area contributed by atoms with E-state index in [1.165, 1.54) is 0 Å². The lowest BCUT2D eigenvalue weighted by Crippen LogP contribution is -2.42. The van der Waals surface area contributed by atoms with Crippen LogP contribution in [0.25, 0.3) is 0 Å². The summed E-state index contributed by atoms with van der Waals surface area (Å²) in [6.45, 7) is 7.70. The van der Waals surface area contributed by atoms with Crippen LogP contribution in [0.1, 0.15) is 39.5 Å². The van der Waals surface area contributed by atoms with Crippen molar-refractivity contribution in [3.63, 3.8) is 0 Å². The van der Waals surface area contributed by atoms with E-state index < -0.39 is 18.1 Å². The van der Waals surface area contributed by atoms with Gasteiger partial charge in [0.1, 0.15) is 0 Å². The summed E-state index contributed by atoms with van der Waals surface area (Å²) in [5.41, 5.74) is 0.438. The summed E-state index contributed by atoms with van der Waals surface area (Å²) in [6, 6.07) is -0.799. The average molecular weight is 315 g/mol. The molecule has 126 valence electrons. The fraction of sp³-hybridized carbons (Fsp3) is 0.667. The molecule has 0 saturated carbocycles. The molecule has 0 spiro atoms. The van der Waals surface area contributed by atoms with Crippen LogP contribution in [-0.4, -0.2) is 48.8 Å². The molecule has 0 bridgehead atoms. The number of rotatable bonds is 12. The highest BCUT2D eigenvalue weighted by molar-refractivity contribution is 5.71. The molecule has 0 aromatic rings. The topological polar surface area (TPSA) is 102 Å². The fourth-order valence-electron chi connectivity index (χ4n) is 1.87. The number of ether oxygens (including phenoxy) is 2. The molecule has 0 heterocycles. The molecule has 7 heteroatoms. The number of hydrogen-bond donors (Lipinski definition) is 2. The number of aliphatic hydroxyl groups is 1. The van der Waals surface area contributed by atoms with E-state index in [4.69, 9.17) is 9.47 Å². The van der Waals surface area contributed by atoms with Gasteiger partial charge >= 0.3 is 11.9 Å². The molecule has 0 aromatic carbocycles. The van der Waals surface area contributed by atoms with Crippen molar-refractivity contribution >= 4 is 18.3 Å². The summed E-state index contributed by atoms with van der Waals surface area (Å²) in [6.07, 6.45) is 0.270. The van der Waals surface area contributed by atoms with Gasteiger partial charge in [0.2, 0.25) is 6.41 Å².